The van der Waals surface area contributed by atoms with Crippen LogP contribution in [0.25, 0.3) is 0 Å². The third kappa shape index (κ3) is 5.24. The molecule has 0 aliphatic carbocycles. The SMILES string of the molecule is Cc1c(Cl)cccc1NC(=O)/C(C#N)=C\NCCN1CCOCC1. The first-order valence-corrected chi connectivity index (χ1v) is 8.20. The Morgan fingerprint density at radius 2 is 2.21 bits per heavy atom. The number of amides is 1. The van der Waals surface area contributed by atoms with Crippen molar-refractivity contribution < 1.29 is 9.53 Å². The average molecular weight is 349 g/mol. The minimum atomic E-state index is -0.457. The van der Waals surface area contributed by atoms with E-state index in [0.29, 0.717) is 17.3 Å². The molecule has 1 saturated heterocycles. The van der Waals surface area contributed by atoms with Crippen molar-refractivity contribution in [1.82, 2.24) is 10.2 Å². The van der Waals surface area contributed by atoms with Gasteiger partial charge in [0.25, 0.3) is 5.91 Å². The van der Waals surface area contributed by atoms with Gasteiger partial charge in [0.05, 0.1) is 13.2 Å². The van der Waals surface area contributed by atoms with Crippen LogP contribution >= 0.6 is 11.6 Å². The quantitative estimate of drug-likeness (QED) is 0.466. The van der Waals surface area contributed by atoms with Gasteiger partial charge in [0.2, 0.25) is 0 Å². The molecule has 24 heavy (non-hydrogen) atoms. The highest BCUT2D eigenvalue weighted by molar-refractivity contribution is 6.31. The molecule has 2 rings (SSSR count). The van der Waals surface area contributed by atoms with E-state index in [1.807, 2.05) is 13.0 Å². The van der Waals surface area contributed by atoms with E-state index in [4.69, 9.17) is 16.3 Å². The smallest absolute Gasteiger partial charge is 0.267 e. The molecule has 0 unspecified atom stereocenters. The zero-order valence-corrected chi connectivity index (χ0v) is 14.4. The Bertz CT molecular complexity index is 648. The first-order valence-electron chi connectivity index (χ1n) is 7.82. The average Bonchev–Trinajstić information content (AvgIpc) is 2.60. The highest BCUT2D eigenvalue weighted by atomic mass is 35.5. The number of halogens is 1. The van der Waals surface area contributed by atoms with Crippen molar-refractivity contribution in [2.24, 2.45) is 0 Å². The lowest BCUT2D eigenvalue weighted by Gasteiger charge is -2.26. The van der Waals surface area contributed by atoms with Gasteiger partial charge in [-0.05, 0) is 24.6 Å². The molecule has 1 aliphatic heterocycles. The second kappa shape index (κ2) is 9.28. The van der Waals surface area contributed by atoms with E-state index in [9.17, 15) is 10.1 Å². The van der Waals surface area contributed by atoms with Crippen molar-refractivity contribution in [3.05, 3.63) is 40.6 Å². The number of nitrogens with zero attached hydrogens (tertiary/aromatic N) is 2. The van der Waals surface area contributed by atoms with Crippen LogP contribution in [0.2, 0.25) is 5.02 Å². The predicted molar refractivity (Wildman–Crippen MR) is 93.8 cm³/mol. The molecular weight excluding hydrogens is 328 g/mol. The molecule has 1 amide bonds. The molecule has 128 valence electrons. The topological polar surface area (TPSA) is 77.4 Å². The van der Waals surface area contributed by atoms with Gasteiger partial charge in [-0.3, -0.25) is 9.69 Å². The number of carbonyl (C=O) groups excluding carboxylic acids is 1. The predicted octanol–water partition coefficient (Wildman–Crippen LogP) is 1.92. The van der Waals surface area contributed by atoms with E-state index in [0.717, 1.165) is 38.4 Å². The molecule has 1 heterocycles. The summed E-state index contributed by atoms with van der Waals surface area (Å²) in [4.78, 5) is 14.5. The zero-order chi connectivity index (χ0) is 17.4. The van der Waals surface area contributed by atoms with Crippen LogP contribution in [0, 0.1) is 18.3 Å². The highest BCUT2D eigenvalue weighted by Gasteiger charge is 2.12. The van der Waals surface area contributed by atoms with Crippen molar-refractivity contribution >= 4 is 23.2 Å². The molecule has 0 bridgehead atoms. The fraction of sp³-hybridized carbons (Fsp3) is 0.412. The van der Waals surface area contributed by atoms with Crippen LogP contribution in [-0.2, 0) is 9.53 Å². The largest absolute Gasteiger partial charge is 0.388 e. The van der Waals surface area contributed by atoms with E-state index in [-0.39, 0.29) is 5.57 Å². The van der Waals surface area contributed by atoms with Crippen LogP contribution in [0.4, 0.5) is 5.69 Å². The molecule has 1 aromatic rings. The third-order valence-electron chi connectivity index (χ3n) is 3.80. The summed E-state index contributed by atoms with van der Waals surface area (Å²) < 4.78 is 5.29. The van der Waals surface area contributed by atoms with Crippen molar-refractivity contribution in [2.45, 2.75) is 6.92 Å². The fourth-order valence-electron chi connectivity index (χ4n) is 2.30. The standard InChI is InChI=1S/C17H21ClN4O2/c1-13-15(18)3-2-4-16(13)21-17(23)14(11-19)12-20-5-6-22-7-9-24-10-8-22/h2-4,12,20H,5-10H2,1H3,(H,21,23)/b14-12-. The first kappa shape index (κ1) is 18.3. The number of carbonyl (C=O) groups is 1. The number of ether oxygens (including phenoxy) is 1. The van der Waals surface area contributed by atoms with Crippen LogP contribution in [-0.4, -0.2) is 50.2 Å². The maximum Gasteiger partial charge on any atom is 0.267 e. The third-order valence-corrected chi connectivity index (χ3v) is 4.21. The van der Waals surface area contributed by atoms with Gasteiger partial charge in [-0.2, -0.15) is 5.26 Å². The number of hydrogen-bond donors (Lipinski definition) is 2. The van der Waals surface area contributed by atoms with E-state index in [1.54, 1.807) is 18.2 Å². The Morgan fingerprint density at radius 1 is 1.46 bits per heavy atom. The van der Waals surface area contributed by atoms with E-state index in [2.05, 4.69) is 15.5 Å². The van der Waals surface area contributed by atoms with Crippen molar-refractivity contribution in [1.29, 1.82) is 5.26 Å². The molecule has 7 heteroatoms. The lowest BCUT2D eigenvalue weighted by atomic mass is 10.2. The van der Waals surface area contributed by atoms with Gasteiger partial charge in [-0.15, -0.1) is 0 Å². The Hall–Kier alpha value is -2.07. The Morgan fingerprint density at radius 3 is 2.92 bits per heavy atom. The van der Waals surface area contributed by atoms with Gasteiger partial charge in [0.1, 0.15) is 11.6 Å². The normalized spacial score (nSPS) is 15.6. The maximum absolute atomic E-state index is 12.2. The van der Waals surface area contributed by atoms with Crippen molar-refractivity contribution in [3.8, 4) is 6.07 Å². The Kier molecular flexibility index (Phi) is 7.07. The molecule has 6 nitrogen and oxygen atoms in total. The van der Waals surface area contributed by atoms with Gasteiger partial charge in [-0.1, -0.05) is 17.7 Å². The zero-order valence-electron chi connectivity index (χ0n) is 13.6. The first-order chi connectivity index (χ1) is 11.6. The second-order valence-corrected chi connectivity index (χ2v) is 5.85. The molecule has 1 aromatic carbocycles. The number of rotatable bonds is 6. The van der Waals surface area contributed by atoms with Crippen LogP contribution in [0.5, 0.6) is 0 Å². The fourth-order valence-corrected chi connectivity index (χ4v) is 2.48. The van der Waals surface area contributed by atoms with Crippen molar-refractivity contribution in [2.75, 3.05) is 44.7 Å². The van der Waals surface area contributed by atoms with Gasteiger partial charge in [0, 0.05) is 43.1 Å². The molecule has 2 N–H and O–H groups in total. The summed E-state index contributed by atoms with van der Waals surface area (Å²) in [6.45, 7) is 6.63. The summed E-state index contributed by atoms with van der Waals surface area (Å²) in [6.07, 6.45) is 1.45. The number of morpholine rings is 1. The summed E-state index contributed by atoms with van der Waals surface area (Å²) in [5.74, 6) is -0.457. The minimum Gasteiger partial charge on any atom is -0.388 e. The molecule has 0 spiro atoms. The number of nitrogens with one attached hydrogen (secondary N) is 2. The van der Waals surface area contributed by atoms with Gasteiger partial charge in [-0.25, -0.2) is 0 Å². The lowest BCUT2D eigenvalue weighted by molar-refractivity contribution is -0.112. The second-order valence-electron chi connectivity index (χ2n) is 5.44. The van der Waals surface area contributed by atoms with E-state index in [1.165, 1.54) is 6.20 Å². The monoisotopic (exact) mass is 348 g/mol. The minimum absolute atomic E-state index is 0.0244. The van der Waals surface area contributed by atoms with Gasteiger partial charge < -0.3 is 15.4 Å². The molecule has 0 saturated carbocycles. The van der Waals surface area contributed by atoms with Gasteiger partial charge >= 0.3 is 0 Å². The molecule has 0 atom stereocenters. The number of anilines is 1. The molecule has 1 aliphatic rings. The molecule has 1 fully saturated rings. The summed E-state index contributed by atoms with van der Waals surface area (Å²) in [6, 6.07) is 7.17. The van der Waals surface area contributed by atoms with Gasteiger partial charge in [0.15, 0.2) is 0 Å². The van der Waals surface area contributed by atoms with Crippen LogP contribution in [0.1, 0.15) is 5.56 Å². The number of hydrogen-bond acceptors (Lipinski definition) is 5. The van der Waals surface area contributed by atoms with E-state index >= 15 is 0 Å². The summed E-state index contributed by atoms with van der Waals surface area (Å²) in [5.41, 5.74) is 1.39. The summed E-state index contributed by atoms with van der Waals surface area (Å²) in [5, 5.41) is 15.5. The van der Waals surface area contributed by atoms with E-state index < -0.39 is 5.91 Å². The lowest BCUT2D eigenvalue weighted by Crippen LogP contribution is -2.39. The molecular formula is C17H21ClN4O2. The molecule has 0 aromatic heterocycles. The van der Waals surface area contributed by atoms with Crippen molar-refractivity contribution in [3.63, 3.8) is 0 Å². The van der Waals surface area contributed by atoms with Crippen LogP contribution < -0.4 is 10.6 Å². The number of benzene rings is 1. The summed E-state index contributed by atoms with van der Waals surface area (Å²) >= 11 is 6.03. The van der Waals surface area contributed by atoms with Crippen LogP contribution in [0.3, 0.4) is 0 Å². The van der Waals surface area contributed by atoms with Crippen LogP contribution in [0.15, 0.2) is 30.0 Å². The Labute approximate surface area is 147 Å². The maximum atomic E-state index is 12.2. The molecule has 0 radical (unpaired) electrons. The number of nitriles is 1. The summed E-state index contributed by atoms with van der Waals surface area (Å²) in [7, 11) is 0. The highest BCUT2D eigenvalue weighted by Crippen LogP contribution is 2.23. The Balaban J connectivity index is 1.86.